The Bertz CT molecular complexity index is 524. The Morgan fingerprint density at radius 2 is 1.86 bits per heavy atom. The largest absolute Gasteiger partial charge is 0.317 e. The van der Waals surface area contributed by atoms with Crippen molar-refractivity contribution in [1.29, 1.82) is 0 Å². The van der Waals surface area contributed by atoms with Crippen molar-refractivity contribution in [2.45, 2.75) is 26.2 Å². The number of halogens is 3. The molecule has 3 nitrogen and oxygen atoms in total. The molecule has 1 heterocycles. The van der Waals surface area contributed by atoms with Gasteiger partial charge in [0.1, 0.15) is 5.82 Å². The third-order valence-electron chi connectivity index (χ3n) is 3.57. The Labute approximate surface area is 135 Å². The zero-order valence-electron chi connectivity index (χ0n) is 11.9. The molecule has 0 amide bonds. The highest BCUT2D eigenvalue weighted by Gasteiger charge is 2.18. The fraction of sp³-hybridized carbons (Fsp3) is 0.571. The van der Waals surface area contributed by atoms with E-state index < -0.39 is 8.26 Å². The van der Waals surface area contributed by atoms with E-state index in [2.05, 4.69) is 33.2 Å². The molecule has 1 aliphatic heterocycles. The van der Waals surface area contributed by atoms with Crippen LogP contribution in [-0.2, 0) is 14.7 Å². The molecule has 0 aromatic heterocycles. The minimum absolute atomic E-state index is 0.108. The SMILES string of the molecule is CCN1CCC(Cc2cccc(F)c2)CC1.O=S(=O)(Cl)Cl. The van der Waals surface area contributed by atoms with E-state index in [9.17, 15) is 4.39 Å². The van der Waals surface area contributed by atoms with Crippen molar-refractivity contribution < 1.29 is 12.8 Å². The Morgan fingerprint density at radius 1 is 1.29 bits per heavy atom. The van der Waals surface area contributed by atoms with Crippen LogP contribution in [-0.4, -0.2) is 33.0 Å². The van der Waals surface area contributed by atoms with Gasteiger partial charge in [-0.1, -0.05) is 19.1 Å². The summed E-state index contributed by atoms with van der Waals surface area (Å²) in [6.45, 7) is 5.78. The predicted molar refractivity (Wildman–Crippen MR) is 85.6 cm³/mol. The van der Waals surface area contributed by atoms with Gasteiger partial charge >= 0.3 is 8.26 Å². The standard InChI is InChI=1S/C14H20FN.Cl2O2S/c1-2-16-8-6-12(7-9-16)10-13-4-3-5-14(15)11-13;1-5(2,3)4/h3-5,11-12H,2,6-10H2,1H3;. The first-order valence-electron chi connectivity index (χ1n) is 6.89. The van der Waals surface area contributed by atoms with E-state index in [1.807, 2.05) is 12.1 Å². The summed E-state index contributed by atoms with van der Waals surface area (Å²) < 4.78 is 31.4. The third-order valence-corrected chi connectivity index (χ3v) is 3.57. The van der Waals surface area contributed by atoms with E-state index in [4.69, 9.17) is 8.42 Å². The highest BCUT2D eigenvalue weighted by atomic mass is 36.0. The summed E-state index contributed by atoms with van der Waals surface area (Å²) >= 11 is 0. The fourth-order valence-electron chi connectivity index (χ4n) is 2.50. The van der Waals surface area contributed by atoms with E-state index in [1.165, 1.54) is 32.0 Å². The molecule has 7 heteroatoms. The molecule has 1 aromatic rings. The second-order valence-electron chi connectivity index (χ2n) is 5.09. The zero-order valence-corrected chi connectivity index (χ0v) is 14.3. The summed E-state index contributed by atoms with van der Waals surface area (Å²) in [4.78, 5) is 2.49. The zero-order chi connectivity index (χ0) is 15.9. The van der Waals surface area contributed by atoms with Crippen LogP contribution in [0.4, 0.5) is 4.39 Å². The first kappa shape index (κ1) is 18.7. The normalized spacial score (nSPS) is 17.1. The number of piperidine rings is 1. The summed E-state index contributed by atoms with van der Waals surface area (Å²) in [5, 5.41) is 0. The maximum absolute atomic E-state index is 13.0. The van der Waals surface area contributed by atoms with Crippen LogP contribution in [0.25, 0.3) is 0 Å². The van der Waals surface area contributed by atoms with Gasteiger partial charge in [0.05, 0.1) is 0 Å². The molecule has 0 N–H and O–H groups in total. The highest BCUT2D eigenvalue weighted by Crippen LogP contribution is 2.21. The van der Waals surface area contributed by atoms with Crippen molar-refractivity contribution in [1.82, 2.24) is 4.90 Å². The summed E-state index contributed by atoms with van der Waals surface area (Å²) in [5.41, 5.74) is 1.15. The molecule has 0 spiro atoms. The molecule has 21 heavy (non-hydrogen) atoms. The van der Waals surface area contributed by atoms with Crippen molar-refractivity contribution in [3.8, 4) is 0 Å². The minimum Gasteiger partial charge on any atom is -0.304 e. The second kappa shape index (κ2) is 8.93. The maximum atomic E-state index is 13.0. The molecule has 0 radical (unpaired) electrons. The molecule has 1 aliphatic rings. The van der Waals surface area contributed by atoms with Gasteiger partial charge in [-0.25, -0.2) is 4.39 Å². The van der Waals surface area contributed by atoms with Gasteiger partial charge < -0.3 is 4.90 Å². The topological polar surface area (TPSA) is 37.4 Å². The Morgan fingerprint density at radius 3 is 2.33 bits per heavy atom. The van der Waals surface area contributed by atoms with E-state index in [1.54, 1.807) is 6.07 Å². The fourth-order valence-corrected chi connectivity index (χ4v) is 2.50. The molecule has 1 saturated heterocycles. The van der Waals surface area contributed by atoms with E-state index in [-0.39, 0.29) is 5.82 Å². The quantitative estimate of drug-likeness (QED) is 0.773. The molecule has 120 valence electrons. The third kappa shape index (κ3) is 9.30. The van der Waals surface area contributed by atoms with Crippen LogP contribution in [0, 0.1) is 11.7 Å². The monoisotopic (exact) mass is 355 g/mol. The van der Waals surface area contributed by atoms with E-state index in [0.29, 0.717) is 0 Å². The summed E-state index contributed by atoms with van der Waals surface area (Å²) in [6.07, 6.45) is 3.55. The lowest BCUT2D eigenvalue weighted by Crippen LogP contribution is -2.34. The van der Waals surface area contributed by atoms with Gasteiger partial charge in [-0.15, -0.1) is 0 Å². The van der Waals surface area contributed by atoms with Crippen LogP contribution in [0.1, 0.15) is 25.3 Å². The van der Waals surface area contributed by atoms with Crippen LogP contribution >= 0.6 is 21.4 Å². The summed E-state index contributed by atoms with van der Waals surface area (Å²) in [5.74, 6) is 0.632. The lowest BCUT2D eigenvalue weighted by molar-refractivity contribution is 0.192. The van der Waals surface area contributed by atoms with Crippen LogP contribution in [0.3, 0.4) is 0 Å². The van der Waals surface area contributed by atoms with Crippen molar-refractivity contribution in [3.63, 3.8) is 0 Å². The first-order chi connectivity index (χ1) is 9.78. The molecular weight excluding hydrogens is 336 g/mol. The van der Waals surface area contributed by atoms with Gasteiger partial charge in [0.25, 0.3) is 0 Å². The Kier molecular flexibility index (Phi) is 7.95. The number of benzene rings is 1. The van der Waals surface area contributed by atoms with Gasteiger partial charge in [0.2, 0.25) is 0 Å². The number of rotatable bonds is 3. The molecule has 0 unspecified atom stereocenters. The summed E-state index contributed by atoms with van der Waals surface area (Å²) in [6, 6.07) is 7.04. The van der Waals surface area contributed by atoms with Crippen LogP contribution in [0.15, 0.2) is 24.3 Å². The average Bonchev–Trinajstić information content (AvgIpc) is 2.38. The lowest BCUT2D eigenvalue weighted by atomic mass is 9.90. The minimum atomic E-state index is -3.72. The van der Waals surface area contributed by atoms with Gasteiger partial charge in [-0.05, 0) is 62.5 Å². The molecule has 2 rings (SSSR count). The molecule has 0 saturated carbocycles. The van der Waals surface area contributed by atoms with E-state index in [0.717, 1.165) is 24.4 Å². The van der Waals surface area contributed by atoms with Crippen molar-refractivity contribution in [2.75, 3.05) is 19.6 Å². The average molecular weight is 356 g/mol. The summed E-state index contributed by atoms with van der Waals surface area (Å²) in [7, 11) is 4.81. The van der Waals surface area contributed by atoms with Crippen LogP contribution in [0.2, 0.25) is 0 Å². The van der Waals surface area contributed by atoms with Gasteiger partial charge in [0, 0.05) is 21.4 Å². The van der Waals surface area contributed by atoms with Crippen LogP contribution in [0.5, 0.6) is 0 Å². The van der Waals surface area contributed by atoms with Crippen molar-refractivity contribution in [2.24, 2.45) is 5.92 Å². The molecule has 0 atom stereocenters. The van der Waals surface area contributed by atoms with E-state index >= 15 is 0 Å². The number of hydrogen-bond acceptors (Lipinski definition) is 3. The van der Waals surface area contributed by atoms with Gasteiger partial charge in [-0.3, -0.25) is 0 Å². The van der Waals surface area contributed by atoms with Gasteiger partial charge in [0.15, 0.2) is 0 Å². The highest BCUT2D eigenvalue weighted by molar-refractivity contribution is 8.31. The number of hydrogen-bond donors (Lipinski definition) is 0. The number of nitrogens with zero attached hydrogens (tertiary/aromatic N) is 1. The molecule has 1 aromatic carbocycles. The Hall–Kier alpha value is -0.360. The smallest absolute Gasteiger partial charge is 0.304 e. The molecule has 1 fully saturated rings. The maximum Gasteiger partial charge on any atom is 0.317 e. The molecule has 0 bridgehead atoms. The second-order valence-corrected chi connectivity index (χ2v) is 8.76. The molecule has 0 aliphatic carbocycles. The number of likely N-dealkylation sites (tertiary alicyclic amines) is 1. The van der Waals surface area contributed by atoms with Crippen molar-refractivity contribution >= 4 is 29.6 Å². The molecular formula is C14H20Cl2FNO2S. The predicted octanol–water partition coefficient (Wildman–Crippen LogP) is 3.81. The van der Waals surface area contributed by atoms with Gasteiger partial charge in [-0.2, -0.15) is 8.42 Å². The van der Waals surface area contributed by atoms with Crippen molar-refractivity contribution in [3.05, 3.63) is 35.6 Å². The Balaban J connectivity index is 0.000000383. The lowest BCUT2D eigenvalue weighted by Gasteiger charge is -2.31. The first-order valence-corrected chi connectivity index (χ1v) is 10.0. The van der Waals surface area contributed by atoms with Crippen LogP contribution < -0.4 is 0 Å².